The van der Waals surface area contributed by atoms with Crippen LogP contribution in [-0.2, 0) is 0 Å². The van der Waals surface area contributed by atoms with Gasteiger partial charge in [-0.15, -0.1) is 6.58 Å². The molecule has 0 aromatic carbocycles. The number of hydrogen-bond donors (Lipinski definition) is 1. The SMILES string of the molecule is C=CC(C)NCC(=C)CC. The Morgan fingerprint density at radius 2 is 2.30 bits per heavy atom. The van der Waals surface area contributed by atoms with Gasteiger partial charge in [-0.1, -0.05) is 25.2 Å². The molecule has 0 aliphatic carbocycles. The summed E-state index contributed by atoms with van der Waals surface area (Å²) in [5.74, 6) is 0. The highest BCUT2D eigenvalue weighted by Gasteiger charge is 1.93. The van der Waals surface area contributed by atoms with E-state index in [2.05, 4.69) is 32.3 Å². The lowest BCUT2D eigenvalue weighted by Gasteiger charge is -2.08. The highest BCUT2D eigenvalue weighted by Crippen LogP contribution is 1.93. The van der Waals surface area contributed by atoms with Crippen LogP contribution in [0.2, 0.25) is 0 Å². The van der Waals surface area contributed by atoms with Gasteiger partial charge in [-0.2, -0.15) is 0 Å². The van der Waals surface area contributed by atoms with Crippen molar-refractivity contribution in [1.82, 2.24) is 5.32 Å². The third kappa shape index (κ3) is 4.33. The summed E-state index contributed by atoms with van der Waals surface area (Å²) in [5.41, 5.74) is 1.24. The monoisotopic (exact) mass is 139 g/mol. The van der Waals surface area contributed by atoms with Crippen molar-refractivity contribution in [2.75, 3.05) is 6.54 Å². The summed E-state index contributed by atoms with van der Waals surface area (Å²) in [6.45, 7) is 12.7. The lowest BCUT2D eigenvalue weighted by Crippen LogP contribution is -2.25. The van der Waals surface area contributed by atoms with Crippen LogP contribution >= 0.6 is 0 Å². The van der Waals surface area contributed by atoms with Crippen molar-refractivity contribution in [2.24, 2.45) is 0 Å². The Kier molecular flexibility index (Phi) is 4.95. The van der Waals surface area contributed by atoms with Crippen LogP contribution in [0.4, 0.5) is 0 Å². The standard InChI is InChI=1S/C9H17N/c1-5-8(3)7-10-9(4)6-2/h6,9-10H,2-3,5,7H2,1,4H3. The zero-order valence-corrected chi connectivity index (χ0v) is 6.98. The van der Waals surface area contributed by atoms with Gasteiger partial charge in [0.2, 0.25) is 0 Å². The van der Waals surface area contributed by atoms with Crippen LogP contribution in [0.25, 0.3) is 0 Å². The van der Waals surface area contributed by atoms with E-state index in [0.717, 1.165) is 13.0 Å². The topological polar surface area (TPSA) is 12.0 Å². The Hall–Kier alpha value is -0.560. The van der Waals surface area contributed by atoms with Gasteiger partial charge in [0.15, 0.2) is 0 Å². The maximum atomic E-state index is 3.88. The minimum absolute atomic E-state index is 0.392. The van der Waals surface area contributed by atoms with Gasteiger partial charge in [0.05, 0.1) is 0 Å². The van der Waals surface area contributed by atoms with Crippen molar-refractivity contribution in [3.63, 3.8) is 0 Å². The van der Waals surface area contributed by atoms with E-state index < -0.39 is 0 Å². The van der Waals surface area contributed by atoms with Crippen molar-refractivity contribution in [1.29, 1.82) is 0 Å². The molecule has 0 spiro atoms. The zero-order valence-electron chi connectivity index (χ0n) is 6.98. The molecular weight excluding hydrogens is 122 g/mol. The molecule has 0 amide bonds. The fraction of sp³-hybridized carbons (Fsp3) is 0.556. The van der Waals surface area contributed by atoms with E-state index >= 15 is 0 Å². The predicted molar refractivity (Wildman–Crippen MR) is 47.1 cm³/mol. The zero-order chi connectivity index (χ0) is 7.98. The predicted octanol–water partition coefficient (Wildman–Crippen LogP) is 2.12. The largest absolute Gasteiger partial charge is 0.307 e. The Balaban J connectivity index is 3.34. The van der Waals surface area contributed by atoms with Gasteiger partial charge in [-0.25, -0.2) is 0 Å². The van der Waals surface area contributed by atoms with Gasteiger partial charge in [0.1, 0.15) is 0 Å². The molecule has 0 radical (unpaired) electrons. The Morgan fingerprint density at radius 1 is 1.70 bits per heavy atom. The average molecular weight is 139 g/mol. The van der Waals surface area contributed by atoms with Crippen molar-refractivity contribution >= 4 is 0 Å². The van der Waals surface area contributed by atoms with Crippen LogP contribution in [0.5, 0.6) is 0 Å². The second kappa shape index (κ2) is 5.24. The minimum Gasteiger partial charge on any atom is -0.307 e. The molecule has 0 aliphatic rings. The highest BCUT2D eigenvalue weighted by molar-refractivity contribution is 4.97. The first-order valence-corrected chi connectivity index (χ1v) is 3.73. The van der Waals surface area contributed by atoms with E-state index in [-0.39, 0.29) is 0 Å². The van der Waals surface area contributed by atoms with Gasteiger partial charge in [0.25, 0.3) is 0 Å². The first kappa shape index (κ1) is 9.44. The van der Waals surface area contributed by atoms with Crippen LogP contribution in [-0.4, -0.2) is 12.6 Å². The maximum Gasteiger partial charge on any atom is 0.0222 e. The number of nitrogens with one attached hydrogen (secondary N) is 1. The van der Waals surface area contributed by atoms with E-state index in [1.54, 1.807) is 0 Å². The van der Waals surface area contributed by atoms with E-state index in [0.29, 0.717) is 6.04 Å². The molecule has 0 aromatic heterocycles. The molecule has 0 saturated heterocycles. The van der Waals surface area contributed by atoms with Crippen LogP contribution < -0.4 is 5.32 Å². The third-order valence-corrected chi connectivity index (χ3v) is 1.53. The fourth-order valence-electron chi connectivity index (χ4n) is 0.514. The smallest absolute Gasteiger partial charge is 0.0222 e. The fourth-order valence-corrected chi connectivity index (χ4v) is 0.514. The third-order valence-electron chi connectivity index (χ3n) is 1.53. The molecule has 1 heteroatoms. The molecule has 0 saturated carbocycles. The van der Waals surface area contributed by atoms with Crippen LogP contribution in [0.3, 0.4) is 0 Å². The van der Waals surface area contributed by atoms with Crippen molar-refractivity contribution in [3.8, 4) is 0 Å². The summed E-state index contributed by atoms with van der Waals surface area (Å²) < 4.78 is 0. The Labute approximate surface area is 63.8 Å². The van der Waals surface area contributed by atoms with Crippen molar-refractivity contribution in [2.45, 2.75) is 26.3 Å². The first-order chi connectivity index (χ1) is 4.70. The van der Waals surface area contributed by atoms with Crippen LogP contribution in [0.15, 0.2) is 24.8 Å². The minimum atomic E-state index is 0.392. The van der Waals surface area contributed by atoms with Gasteiger partial charge in [-0.3, -0.25) is 0 Å². The van der Waals surface area contributed by atoms with E-state index in [1.807, 2.05) is 6.08 Å². The Morgan fingerprint density at radius 3 is 2.70 bits per heavy atom. The molecule has 0 aliphatic heterocycles. The normalized spacial score (nSPS) is 12.6. The molecule has 10 heavy (non-hydrogen) atoms. The molecule has 1 atom stereocenters. The molecule has 0 bridgehead atoms. The molecule has 1 unspecified atom stereocenters. The van der Waals surface area contributed by atoms with E-state index in [9.17, 15) is 0 Å². The van der Waals surface area contributed by atoms with Crippen LogP contribution in [0.1, 0.15) is 20.3 Å². The number of hydrogen-bond acceptors (Lipinski definition) is 1. The lowest BCUT2D eigenvalue weighted by molar-refractivity contribution is 0.665. The highest BCUT2D eigenvalue weighted by atomic mass is 14.9. The van der Waals surface area contributed by atoms with E-state index in [4.69, 9.17) is 0 Å². The Bertz CT molecular complexity index is 116. The maximum absolute atomic E-state index is 3.88. The summed E-state index contributed by atoms with van der Waals surface area (Å²) in [4.78, 5) is 0. The van der Waals surface area contributed by atoms with Crippen molar-refractivity contribution in [3.05, 3.63) is 24.8 Å². The lowest BCUT2D eigenvalue weighted by atomic mass is 10.2. The van der Waals surface area contributed by atoms with Crippen LogP contribution in [0, 0.1) is 0 Å². The quantitative estimate of drug-likeness (QED) is 0.575. The van der Waals surface area contributed by atoms with Crippen molar-refractivity contribution < 1.29 is 0 Å². The van der Waals surface area contributed by atoms with E-state index in [1.165, 1.54) is 5.57 Å². The second-order valence-electron chi connectivity index (χ2n) is 2.51. The van der Waals surface area contributed by atoms with Gasteiger partial charge < -0.3 is 5.32 Å². The summed E-state index contributed by atoms with van der Waals surface area (Å²) >= 11 is 0. The summed E-state index contributed by atoms with van der Waals surface area (Å²) in [7, 11) is 0. The van der Waals surface area contributed by atoms with Gasteiger partial charge >= 0.3 is 0 Å². The second-order valence-corrected chi connectivity index (χ2v) is 2.51. The summed E-state index contributed by atoms with van der Waals surface area (Å²) in [5, 5.41) is 3.27. The molecular formula is C9H17N. The molecule has 1 nitrogen and oxygen atoms in total. The average Bonchev–Trinajstić information content (AvgIpc) is 1.99. The van der Waals surface area contributed by atoms with Gasteiger partial charge in [-0.05, 0) is 13.3 Å². The molecule has 0 aromatic rings. The molecule has 0 heterocycles. The first-order valence-electron chi connectivity index (χ1n) is 3.73. The summed E-state index contributed by atoms with van der Waals surface area (Å²) in [6.07, 6.45) is 2.94. The number of rotatable bonds is 5. The molecule has 0 fully saturated rings. The molecule has 58 valence electrons. The molecule has 1 N–H and O–H groups in total. The van der Waals surface area contributed by atoms with Gasteiger partial charge in [0, 0.05) is 12.6 Å². The molecule has 0 rings (SSSR count). The summed E-state index contributed by atoms with van der Waals surface area (Å²) in [6, 6.07) is 0.392.